The maximum Gasteiger partial charge on any atom is 0.410 e. The summed E-state index contributed by atoms with van der Waals surface area (Å²) in [5, 5.41) is 14.7. The van der Waals surface area contributed by atoms with E-state index in [4.69, 9.17) is 9.94 Å². The summed E-state index contributed by atoms with van der Waals surface area (Å²) >= 11 is 4.07. The van der Waals surface area contributed by atoms with Crippen molar-refractivity contribution < 1.29 is 24.3 Å². The van der Waals surface area contributed by atoms with Crippen molar-refractivity contribution in [1.29, 1.82) is 0 Å². The van der Waals surface area contributed by atoms with Crippen LogP contribution in [0.2, 0.25) is 0 Å². The Labute approximate surface area is 226 Å². The van der Waals surface area contributed by atoms with Crippen molar-refractivity contribution in [3.05, 3.63) is 38.0 Å². The average Bonchev–Trinajstić information content (AvgIpc) is 3.58. The second-order valence-corrected chi connectivity index (χ2v) is 12.8. The number of ether oxygens (including phenoxy) is 1. The van der Waals surface area contributed by atoms with Gasteiger partial charge in [0.1, 0.15) is 10.5 Å². The molecule has 37 heavy (non-hydrogen) atoms. The molecule has 3 amide bonds. The summed E-state index contributed by atoms with van der Waals surface area (Å²) in [6.07, 6.45) is 1.50. The van der Waals surface area contributed by atoms with E-state index in [1.165, 1.54) is 34.0 Å². The number of piperidine rings is 1. The Hall–Kier alpha value is -2.87. The maximum absolute atomic E-state index is 13.0. The Balaban J connectivity index is 1.40. The van der Waals surface area contributed by atoms with Gasteiger partial charge in [0.25, 0.3) is 5.91 Å². The highest BCUT2D eigenvalue weighted by atomic mass is 32.1. The van der Waals surface area contributed by atoms with Gasteiger partial charge in [0.2, 0.25) is 5.91 Å². The van der Waals surface area contributed by atoms with Crippen molar-refractivity contribution in [3.8, 4) is 10.6 Å². The minimum atomic E-state index is -0.551. The highest BCUT2D eigenvalue weighted by molar-refractivity contribution is 7.17. The molecule has 13 heteroatoms. The smallest absolute Gasteiger partial charge is 0.410 e. The molecule has 1 saturated heterocycles. The maximum atomic E-state index is 13.0. The topological polar surface area (TPSA) is 134 Å². The number of hydrogen-bond acceptors (Lipinski definition) is 10. The number of hydrogen-bond donors (Lipinski definition) is 3. The van der Waals surface area contributed by atoms with E-state index in [1.807, 2.05) is 45.2 Å². The average molecular weight is 564 g/mol. The number of carbonyl (C=O) groups excluding carboxylic acids is 3. The van der Waals surface area contributed by atoms with Gasteiger partial charge in [-0.25, -0.2) is 20.2 Å². The fourth-order valence-corrected chi connectivity index (χ4v) is 6.72. The molecule has 10 nitrogen and oxygen atoms in total. The first-order chi connectivity index (χ1) is 17.5. The number of nitrogens with one attached hydrogen (secondary N) is 2. The summed E-state index contributed by atoms with van der Waals surface area (Å²) in [5.74, 6) is -0.697. The summed E-state index contributed by atoms with van der Waals surface area (Å²) in [5.41, 5.74) is 2.42. The first-order valence-corrected chi connectivity index (χ1v) is 14.3. The third-order valence-corrected chi connectivity index (χ3v) is 8.72. The number of carbonyl (C=O) groups is 3. The van der Waals surface area contributed by atoms with E-state index in [0.29, 0.717) is 34.5 Å². The third kappa shape index (κ3) is 6.92. The van der Waals surface area contributed by atoms with Crippen molar-refractivity contribution >= 4 is 57.0 Å². The molecule has 3 N–H and O–H groups in total. The number of thiazole rings is 2. The summed E-state index contributed by atoms with van der Waals surface area (Å²) in [6.45, 7) is 8.53. The molecule has 3 aromatic heterocycles. The molecule has 3 aromatic rings. The SMILES string of the molecule is Cc1nc(C2CCCN(C(=O)OC(C)(C)C)C2)sc1C(=O)Nc1nc(-c2ccc(CC(=O)NO)s2)cs1. The Morgan fingerprint density at radius 2 is 2.00 bits per heavy atom. The summed E-state index contributed by atoms with van der Waals surface area (Å²) < 4.78 is 5.53. The normalized spacial score (nSPS) is 15.9. The van der Waals surface area contributed by atoms with Crippen LogP contribution in [-0.2, 0) is 16.0 Å². The van der Waals surface area contributed by atoms with Gasteiger partial charge < -0.3 is 9.64 Å². The second kappa shape index (κ2) is 11.3. The second-order valence-electron chi connectivity index (χ2n) is 9.70. The fraction of sp³-hybridized carbons (Fsp3) is 0.458. The molecule has 1 atom stereocenters. The summed E-state index contributed by atoms with van der Waals surface area (Å²) in [7, 11) is 0. The van der Waals surface area contributed by atoms with E-state index in [0.717, 1.165) is 27.6 Å². The Bertz CT molecular complexity index is 1290. The molecule has 4 rings (SSSR count). The zero-order valence-corrected chi connectivity index (χ0v) is 23.4. The van der Waals surface area contributed by atoms with E-state index in [1.54, 1.807) is 10.4 Å². The lowest BCUT2D eigenvalue weighted by Gasteiger charge is -2.33. The number of amides is 3. The van der Waals surface area contributed by atoms with Crippen LogP contribution in [0.15, 0.2) is 17.5 Å². The number of anilines is 1. The molecule has 0 aliphatic carbocycles. The highest BCUT2D eigenvalue weighted by Crippen LogP contribution is 2.34. The van der Waals surface area contributed by atoms with Crippen LogP contribution in [0.3, 0.4) is 0 Å². The molecule has 0 spiro atoms. The van der Waals surface area contributed by atoms with Crippen molar-refractivity contribution in [2.45, 2.75) is 58.5 Å². The Morgan fingerprint density at radius 3 is 2.73 bits per heavy atom. The number of nitrogens with zero attached hydrogens (tertiary/aromatic N) is 3. The zero-order valence-electron chi connectivity index (χ0n) is 21.0. The van der Waals surface area contributed by atoms with Crippen LogP contribution in [0.5, 0.6) is 0 Å². The lowest BCUT2D eigenvalue weighted by molar-refractivity contribution is -0.128. The van der Waals surface area contributed by atoms with Crippen LogP contribution in [0.25, 0.3) is 10.6 Å². The van der Waals surface area contributed by atoms with Crippen LogP contribution >= 0.6 is 34.0 Å². The van der Waals surface area contributed by atoms with Gasteiger partial charge in [0, 0.05) is 29.3 Å². The molecule has 4 heterocycles. The molecular weight excluding hydrogens is 534 g/mol. The fourth-order valence-electron chi connectivity index (χ4n) is 3.88. The van der Waals surface area contributed by atoms with Gasteiger partial charge in [-0.05, 0) is 52.7 Å². The lowest BCUT2D eigenvalue weighted by Crippen LogP contribution is -2.42. The number of aromatic nitrogens is 2. The molecule has 0 aromatic carbocycles. The first-order valence-electron chi connectivity index (χ1n) is 11.8. The Morgan fingerprint density at radius 1 is 1.22 bits per heavy atom. The molecule has 0 saturated carbocycles. The number of aryl methyl sites for hydroxylation is 1. The van der Waals surface area contributed by atoms with E-state index in [2.05, 4.69) is 15.3 Å². The van der Waals surface area contributed by atoms with Gasteiger partial charge in [0.15, 0.2) is 5.13 Å². The molecule has 1 fully saturated rings. The summed E-state index contributed by atoms with van der Waals surface area (Å²) in [6, 6.07) is 3.67. The van der Waals surface area contributed by atoms with Crippen molar-refractivity contribution in [2.24, 2.45) is 0 Å². The van der Waals surface area contributed by atoms with E-state index in [9.17, 15) is 14.4 Å². The number of hydroxylamine groups is 1. The predicted molar refractivity (Wildman–Crippen MR) is 144 cm³/mol. The predicted octanol–water partition coefficient (Wildman–Crippen LogP) is 5.05. The monoisotopic (exact) mass is 563 g/mol. The summed E-state index contributed by atoms with van der Waals surface area (Å²) in [4.78, 5) is 50.0. The molecule has 0 bridgehead atoms. The standard InChI is InChI=1S/C24H29N5O5S3/c1-13-19(37-21(25-13)14-6-5-9-29(11-14)23(32)34-24(2,3)4)20(31)27-22-26-16(12-35-22)17-8-7-15(36-17)10-18(30)28-33/h7-8,12,14,33H,5-6,9-11H2,1-4H3,(H,28,30)(H,26,27,31). The lowest BCUT2D eigenvalue weighted by atomic mass is 9.99. The van der Waals surface area contributed by atoms with Crippen molar-refractivity contribution in [1.82, 2.24) is 20.3 Å². The highest BCUT2D eigenvalue weighted by Gasteiger charge is 2.31. The molecule has 198 valence electrons. The van der Waals surface area contributed by atoms with Gasteiger partial charge in [-0.1, -0.05) is 0 Å². The molecular formula is C24H29N5O5S3. The van der Waals surface area contributed by atoms with Gasteiger partial charge in [-0.2, -0.15) is 0 Å². The largest absolute Gasteiger partial charge is 0.444 e. The van der Waals surface area contributed by atoms with E-state index >= 15 is 0 Å². The van der Waals surface area contributed by atoms with E-state index in [-0.39, 0.29) is 24.3 Å². The molecule has 1 aliphatic rings. The van der Waals surface area contributed by atoms with Crippen molar-refractivity contribution in [3.63, 3.8) is 0 Å². The molecule has 1 unspecified atom stereocenters. The minimum Gasteiger partial charge on any atom is -0.444 e. The number of rotatable bonds is 6. The quantitative estimate of drug-likeness (QED) is 0.282. The number of likely N-dealkylation sites (tertiary alicyclic amines) is 1. The van der Waals surface area contributed by atoms with Gasteiger partial charge in [0.05, 0.1) is 27.7 Å². The molecule has 0 radical (unpaired) electrons. The minimum absolute atomic E-state index is 0.0546. The number of thiophene rings is 1. The van der Waals surface area contributed by atoms with Crippen LogP contribution in [0.1, 0.15) is 64.8 Å². The third-order valence-electron chi connectivity index (χ3n) is 5.54. The van der Waals surface area contributed by atoms with E-state index < -0.39 is 11.5 Å². The van der Waals surface area contributed by atoms with Gasteiger partial charge >= 0.3 is 6.09 Å². The van der Waals surface area contributed by atoms with Crippen molar-refractivity contribution in [2.75, 3.05) is 18.4 Å². The first kappa shape index (κ1) is 27.2. The van der Waals surface area contributed by atoms with Gasteiger partial charge in [-0.3, -0.25) is 20.1 Å². The van der Waals surface area contributed by atoms with Crippen LogP contribution in [0.4, 0.5) is 9.93 Å². The van der Waals surface area contributed by atoms with Crippen LogP contribution in [0, 0.1) is 6.92 Å². The zero-order chi connectivity index (χ0) is 26.7. The van der Waals surface area contributed by atoms with Gasteiger partial charge in [-0.15, -0.1) is 34.0 Å². The van der Waals surface area contributed by atoms with Crippen LogP contribution < -0.4 is 10.8 Å². The Kier molecular flexibility index (Phi) is 8.26. The van der Waals surface area contributed by atoms with Crippen LogP contribution in [-0.4, -0.2) is 56.7 Å². The molecule has 1 aliphatic heterocycles.